The van der Waals surface area contributed by atoms with E-state index in [9.17, 15) is 4.79 Å². The van der Waals surface area contributed by atoms with Crippen molar-refractivity contribution in [3.05, 3.63) is 57.6 Å². The molecule has 1 fully saturated rings. The topological polar surface area (TPSA) is 61.0 Å². The Labute approximate surface area is 179 Å². The first kappa shape index (κ1) is 20.1. The van der Waals surface area contributed by atoms with Gasteiger partial charge in [-0.05, 0) is 43.2 Å². The summed E-state index contributed by atoms with van der Waals surface area (Å²) in [5, 5.41) is 4.60. The molecule has 1 amide bonds. The lowest BCUT2D eigenvalue weighted by molar-refractivity contribution is -0.142. The van der Waals surface area contributed by atoms with Crippen LogP contribution in [0.15, 0.2) is 42.7 Å². The van der Waals surface area contributed by atoms with Gasteiger partial charge in [-0.1, -0.05) is 31.0 Å². The number of halogens is 1. The van der Waals surface area contributed by atoms with Crippen LogP contribution in [0.5, 0.6) is 0 Å². The Hall–Kier alpha value is -2.15. The molecular weight excluding hydrogens is 404 g/mol. The van der Waals surface area contributed by atoms with E-state index in [1.165, 1.54) is 0 Å². The molecular formula is C22H25ClN4OS. The van der Waals surface area contributed by atoms with Crippen LogP contribution in [0.4, 0.5) is 0 Å². The highest BCUT2D eigenvalue weighted by Crippen LogP contribution is 2.28. The summed E-state index contributed by atoms with van der Waals surface area (Å²) in [6.07, 6.45) is 10.2. The van der Waals surface area contributed by atoms with Crippen molar-refractivity contribution in [1.29, 1.82) is 0 Å². The molecule has 1 aliphatic heterocycles. The van der Waals surface area contributed by atoms with Gasteiger partial charge < -0.3 is 15.2 Å². The summed E-state index contributed by atoms with van der Waals surface area (Å²) < 4.78 is 0.777. The molecule has 5 nitrogen and oxygen atoms in total. The number of aromatic nitrogens is 2. The maximum atomic E-state index is 13.5. The lowest BCUT2D eigenvalue weighted by Crippen LogP contribution is -2.63. The average Bonchev–Trinajstić information content (AvgIpc) is 3.31. The van der Waals surface area contributed by atoms with Gasteiger partial charge in [-0.15, -0.1) is 11.3 Å². The van der Waals surface area contributed by atoms with Crippen LogP contribution >= 0.6 is 22.9 Å². The molecule has 0 aromatic carbocycles. The third-order valence-corrected chi connectivity index (χ3v) is 6.60. The fourth-order valence-electron chi connectivity index (χ4n) is 4.06. The molecule has 2 N–H and O–H groups in total. The number of thiophene rings is 1. The summed E-state index contributed by atoms with van der Waals surface area (Å²) in [5.41, 5.74) is 1.55. The molecule has 0 radical (unpaired) electrons. The highest BCUT2D eigenvalue weighted by Gasteiger charge is 2.42. The van der Waals surface area contributed by atoms with Gasteiger partial charge in [0.2, 0.25) is 5.91 Å². The molecule has 0 bridgehead atoms. The van der Waals surface area contributed by atoms with Gasteiger partial charge in [0.25, 0.3) is 0 Å². The molecule has 4 heterocycles. The minimum absolute atomic E-state index is 0.177. The molecule has 1 atom stereocenters. The number of nitrogens with one attached hydrogen (secondary N) is 2. The molecule has 0 unspecified atom stereocenters. The number of nitrogens with zero attached hydrogens (tertiary/aromatic N) is 2. The number of hydrogen-bond acceptors (Lipinski definition) is 4. The van der Waals surface area contributed by atoms with Crippen molar-refractivity contribution in [2.75, 3.05) is 13.1 Å². The Bertz CT molecular complexity index is 990. The van der Waals surface area contributed by atoms with Gasteiger partial charge in [0.1, 0.15) is 5.54 Å². The van der Waals surface area contributed by atoms with Crippen molar-refractivity contribution in [2.24, 2.45) is 0 Å². The zero-order chi connectivity index (χ0) is 20.3. The van der Waals surface area contributed by atoms with Gasteiger partial charge in [-0.25, -0.2) is 0 Å². The van der Waals surface area contributed by atoms with E-state index in [2.05, 4.69) is 40.4 Å². The SMILES string of the molecule is CCC[C@@]1(CC=Cc2ccc(Cl)s2)NCCN(Cc2cc3cnccc3[nH]2)C1=O. The summed E-state index contributed by atoms with van der Waals surface area (Å²) in [6.45, 7) is 4.22. The summed E-state index contributed by atoms with van der Waals surface area (Å²) in [7, 11) is 0. The second-order valence-electron chi connectivity index (χ2n) is 7.49. The molecule has 1 saturated heterocycles. The summed E-state index contributed by atoms with van der Waals surface area (Å²) in [6, 6.07) is 7.94. The van der Waals surface area contributed by atoms with Crippen LogP contribution in [0.3, 0.4) is 0 Å². The molecule has 3 aromatic heterocycles. The van der Waals surface area contributed by atoms with Gasteiger partial charge in [-0.3, -0.25) is 9.78 Å². The number of amides is 1. The van der Waals surface area contributed by atoms with Crippen LogP contribution in [0.1, 0.15) is 36.8 Å². The van der Waals surface area contributed by atoms with E-state index >= 15 is 0 Å². The van der Waals surface area contributed by atoms with Crippen molar-refractivity contribution >= 4 is 45.8 Å². The normalized spacial score (nSPS) is 20.2. The van der Waals surface area contributed by atoms with Gasteiger partial charge >= 0.3 is 0 Å². The summed E-state index contributed by atoms with van der Waals surface area (Å²) >= 11 is 7.56. The van der Waals surface area contributed by atoms with Crippen molar-refractivity contribution < 1.29 is 4.79 Å². The zero-order valence-corrected chi connectivity index (χ0v) is 18.0. The van der Waals surface area contributed by atoms with Gasteiger partial charge in [0, 0.05) is 47.0 Å². The minimum atomic E-state index is -0.544. The predicted octanol–water partition coefficient (Wildman–Crippen LogP) is 4.85. The predicted molar refractivity (Wildman–Crippen MR) is 120 cm³/mol. The first-order valence-electron chi connectivity index (χ1n) is 9.97. The second kappa shape index (κ2) is 8.69. The Morgan fingerprint density at radius 1 is 1.38 bits per heavy atom. The molecule has 1 aliphatic rings. The number of hydrogen-bond donors (Lipinski definition) is 2. The van der Waals surface area contributed by atoms with Crippen LogP contribution in [0.25, 0.3) is 17.0 Å². The number of piperazine rings is 1. The zero-order valence-electron chi connectivity index (χ0n) is 16.5. The number of pyridine rings is 1. The Balaban J connectivity index is 1.51. The standard InChI is InChI=1S/C22H25ClN4OS/c1-2-8-22(9-3-4-18-5-6-20(23)29-18)21(28)27(12-11-25-22)15-17-13-16-14-24-10-7-19(16)26-17/h3-7,10,13-14,25-26H,2,8-9,11-12,15H2,1H3/t22-/m0/s1. The summed E-state index contributed by atoms with van der Waals surface area (Å²) in [5.74, 6) is 0.177. The number of rotatable bonds is 7. The maximum Gasteiger partial charge on any atom is 0.243 e. The van der Waals surface area contributed by atoms with E-state index in [0.29, 0.717) is 19.5 Å². The van der Waals surface area contributed by atoms with E-state index in [1.807, 2.05) is 29.3 Å². The Kier molecular flexibility index (Phi) is 6.04. The minimum Gasteiger partial charge on any atom is -0.357 e. The van der Waals surface area contributed by atoms with Crippen molar-refractivity contribution in [3.63, 3.8) is 0 Å². The first-order chi connectivity index (χ1) is 14.1. The quantitative estimate of drug-likeness (QED) is 0.565. The molecule has 4 rings (SSSR count). The Morgan fingerprint density at radius 3 is 3.03 bits per heavy atom. The number of carbonyl (C=O) groups is 1. The van der Waals surface area contributed by atoms with E-state index in [4.69, 9.17) is 11.6 Å². The number of H-pyrrole nitrogens is 1. The van der Waals surface area contributed by atoms with E-state index in [-0.39, 0.29) is 5.91 Å². The first-order valence-corrected chi connectivity index (χ1v) is 11.2. The van der Waals surface area contributed by atoms with Gasteiger partial charge in [0.05, 0.1) is 10.9 Å². The van der Waals surface area contributed by atoms with Gasteiger partial charge in [0.15, 0.2) is 0 Å². The fourth-order valence-corrected chi connectivity index (χ4v) is 5.05. The molecule has 0 saturated carbocycles. The highest BCUT2D eigenvalue weighted by molar-refractivity contribution is 7.16. The van der Waals surface area contributed by atoms with Crippen LogP contribution in [-0.2, 0) is 11.3 Å². The fraction of sp³-hybridized carbons (Fsp3) is 0.364. The molecule has 152 valence electrons. The molecule has 0 aliphatic carbocycles. The van der Waals surface area contributed by atoms with Crippen molar-refractivity contribution in [1.82, 2.24) is 20.2 Å². The van der Waals surface area contributed by atoms with E-state index in [1.54, 1.807) is 17.5 Å². The maximum absolute atomic E-state index is 13.5. The van der Waals surface area contributed by atoms with E-state index in [0.717, 1.165) is 45.2 Å². The molecule has 0 spiro atoms. The highest BCUT2D eigenvalue weighted by atomic mass is 35.5. The lowest BCUT2D eigenvalue weighted by atomic mass is 9.86. The van der Waals surface area contributed by atoms with Crippen molar-refractivity contribution in [3.8, 4) is 0 Å². The molecule has 29 heavy (non-hydrogen) atoms. The third-order valence-electron chi connectivity index (χ3n) is 5.40. The average molecular weight is 429 g/mol. The molecule has 3 aromatic rings. The monoisotopic (exact) mass is 428 g/mol. The lowest BCUT2D eigenvalue weighted by Gasteiger charge is -2.42. The van der Waals surface area contributed by atoms with E-state index < -0.39 is 5.54 Å². The molecule has 7 heteroatoms. The third kappa shape index (κ3) is 4.39. The van der Waals surface area contributed by atoms with Crippen LogP contribution in [0, 0.1) is 0 Å². The number of aromatic amines is 1. The van der Waals surface area contributed by atoms with Crippen molar-refractivity contribution in [2.45, 2.75) is 38.3 Å². The Morgan fingerprint density at radius 2 is 2.28 bits per heavy atom. The number of carbonyl (C=O) groups excluding carboxylic acids is 1. The number of fused-ring (bicyclic) bond motifs is 1. The second-order valence-corrected chi connectivity index (χ2v) is 9.24. The summed E-state index contributed by atoms with van der Waals surface area (Å²) in [4.78, 5) is 24.1. The van der Waals surface area contributed by atoms with Crippen LogP contribution in [-0.4, -0.2) is 39.4 Å². The largest absolute Gasteiger partial charge is 0.357 e. The smallest absolute Gasteiger partial charge is 0.243 e. The van der Waals surface area contributed by atoms with Gasteiger partial charge in [-0.2, -0.15) is 0 Å². The van der Waals surface area contributed by atoms with Crippen LogP contribution < -0.4 is 5.32 Å². The van der Waals surface area contributed by atoms with Crippen LogP contribution in [0.2, 0.25) is 4.34 Å².